The van der Waals surface area contributed by atoms with Crippen molar-refractivity contribution in [3.63, 3.8) is 0 Å². The first-order chi connectivity index (χ1) is 10.0. The van der Waals surface area contributed by atoms with Crippen LogP contribution in [0, 0.1) is 0 Å². The van der Waals surface area contributed by atoms with Gasteiger partial charge in [-0.2, -0.15) is 5.10 Å². The van der Waals surface area contributed by atoms with Gasteiger partial charge in [-0.15, -0.1) is 0 Å². The lowest BCUT2D eigenvalue weighted by Gasteiger charge is -2.33. The van der Waals surface area contributed by atoms with E-state index in [4.69, 9.17) is 0 Å². The van der Waals surface area contributed by atoms with Crippen LogP contribution in [-0.2, 0) is 24.3 Å². The minimum atomic E-state index is -0.730. The van der Waals surface area contributed by atoms with Crippen molar-refractivity contribution >= 4 is 11.9 Å². The Bertz CT molecular complexity index is 546. The molecule has 2 rings (SSSR count). The Balaban J connectivity index is 2.34. The van der Waals surface area contributed by atoms with Crippen LogP contribution in [0.1, 0.15) is 51.9 Å². The summed E-state index contributed by atoms with van der Waals surface area (Å²) < 4.78 is 1.91. The van der Waals surface area contributed by atoms with Crippen molar-refractivity contribution in [1.82, 2.24) is 20.0 Å². The van der Waals surface area contributed by atoms with E-state index >= 15 is 0 Å². The maximum atomic E-state index is 12.2. The average Bonchev–Trinajstić information content (AvgIpc) is 2.99. The number of hydrogen-bond donors (Lipinski definition) is 1. The third-order valence-electron chi connectivity index (χ3n) is 4.47. The van der Waals surface area contributed by atoms with Crippen molar-refractivity contribution in [3.05, 3.63) is 17.5 Å². The standard InChI is InChI=1S/C15H24N4O2/c1-5-11-9-12(19(8-4)17-11)10-18-14(21)16-13(20)15(18,6-2)7-3/h9H,5-8,10H2,1-4H3,(H,16,20,21). The number of urea groups is 1. The van der Waals surface area contributed by atoms with Crippen LogP contribution in [0.4, 0.5) is 4.79 Å². The van der Waals surface area contributed by atoms with Crippen molar-refractivity contribution in [3.8, 4) is 0 Å². The molecular weight excluding hydrogens is 268 g/mol. The Hall–Kier alpha value is -1.85. The molecule has 116 valence electrons. The Morgan fingerprint density at radius 2 is 1.86 bits per heavy atom. The first-order valence-corrected chi connectivity index (χ1v) is 7.71. The van der Waals surface area contributed by atoms with Gasteiger partial charge in [0.2, 0.25) is 0 Å². The maximum absolute atomic E-state index is 12.2. The first kappa shape index (κ1) is 15.5. The van der Waals surface area contributed by atoms with Crippen molar-refractivity contribution in [2.24, 2.45) is 0 Å². The molecule has 0 atom stereocenters. The van der Waals surface area contributed by atoms with Crippen molar-refractivity contribution in [2.45, 2.75) is 65.6 Å². The highest BCUT2D eigenvalue weighted by atomic mass is 16.2. The second-order valence-corrected chi connectivity index (χ2v) is 5.38. The van der Waals surface area contributed by atoms with Crippen LogP contribution in [0.25, 0.3) is 0 Å². The van der Waals surface area contributed by atoms with E-state index in [1.165, 1.54) is 0 Å². The van der Waals surface area contributed by atoms with Gasteiger partial charge in [0.15, 0.2) is 0 Å². The van der Waals surface area contributed by atoms with Crippen LogP contribution in [0.5, 0.6) is 0 Å². The third-order valence-corrected chi connectivity index (χ3v) is 4.47. The number of rotatable bonds is 6. The number of nitrogens with one attached hydrogen (secondary N) is 1. The summed E-state index contributed by atoms with van der Waals surface area (Å²) in [6.45, 7) is 9.15. The fraction of sp³-hybridized carbons (Fsp3) is 0.667. The first-order valence-electron chi connectivity index (χ1n) is 7.71. The molecule has 1 aromatic heterocycles. The molecule has 0 unspecified atom stereocenters. The minimum absolute atomic E-state index is 0.184. The molecule has 1 aliphatic heterocycles. The molecule has 6 heteroatoms. The van der Waals surface area contributed by atoms with Crippen LogP contribution < -0.4 is 5.32 Å². The van der Waals surface area contributed by atoms with E-state index in [2.05, 4.69) is 17.3 Å². The molecule has 0 aromatic carbocycles. The van der Waals surface area contributed by atoms with E-state index in [1.807, 2.05) is 31.5 Å². The van der Waals surface area contributed by atoms with Crippen LogP contribution >= 0.6 is 0 Å². The quantitative estimate of drug-likeness (QED) is 0.816. The van der Waals surface area contributed by atoms with Gasteiger partial charge in [0, 0.05) is 6.54 Å². The fourth-order valence-electron chi connectivity index (χ4n) is 3.02. The van der Waals surface area contributed by atoms with E-state index < -0.39 is 5.54 Å². The molecule has 1 fully saturated rings. The van der Waals surface area contributed by atoms with E-state index in [-0.39, 0.29) is 11.9 Å². The Kier molecular flexibility index (Phi) is 4.34. The molecule has 6 nitrogen and oxygen atoms in total. The highest BCUT2D eigenvalue weighted by molar-refractivity contribution is 6.06. The minimum Gasteiger partial charge on any atom is -0.304 e. The maximum Gasteiger partial charge on any atom is 0.325 e. The van der Waals surface area contributed by atoms with E-state index in [0.717, 1.165) is 24.4 Å². The molecular formula is C15H24N4O2. The van der Waals surface area contributed by atoms with Gasteiger partial charge in [0.1, 0.15) is 5.54 Å². The number of hydrogen-bond acceptors (Lipinski definition) is 3. The molecule has 3 amide bonds. The third kappa shape index (κ3) is 2.43. The second-order valence-electron chi connectivity index (χ2n) is 5.38. The van der Waals surface area contributed by atoms with E-state index in [9.17, 15) is 9.59 Å². The van der Waals surface area contributed by atoms with Gasteiger partial charge in [-0.3, -0.25) is 14.8 Å². The molecule has 0 aliphatic carbocycles. The summed E-state index contributed by atoms with van der Waals surface area (Å²) in [5, 5.41) is 6.96. The Labute approximate surface area is 125 Å². The topological polar surface area (TPSA) is 67.2 Å². The van der Waals surface area contributed by atoms with Crippen molar-refractivity contribution < 1.29 is 9.59 Å². The normalized spacial score (nSPS) is 17.4. The zero-order valence-electron chi connectivity index (χ0n) is 13.3. The van der Waals surface area contributed by atoms with E-state index in [1.54, 1.807) is 4.90 Å². The number of carbonyl (C=O) groups excluding carboxylic acids is 2. The van der Waals surface area contributed by atoms with Crippen molar-refractivity contribution in [1.29, 1.82) is 0 Å². The fourth-order valence-corrected chi connectivity index (χ4v) is 3.02. The summed E-state index contributed by atoms with van der Waals surface area (Å²) in [4.78, 5) is 26.0. The molecule has 0 bridgehead atoms. The Morgan fingerprint density at radius 1 is 1.19 bits per heavy atom. The van der Waals surface area contributed by atoms with Gasteiger partial charge in [-0.05, 0) is 32.3 Å². The number of imide groups is 1. The predicted octanol–water partition coefficient (Wildman–Crippen LogP) is 2.08. The molecule has 1 aromatic rings. The van der Waals surface area contributed by atoms with Crippen LogP contribution in [0.3, 0.4) is 0 Å². The highest BCUT2D eigenvalue weighted by Crippen LogP contribution is 2.30. The average molecular weight is 292 g/mol. The zero-order valence-corrected chi connectivity index (χ0v) is 13.3. The van der Waals surface area contributed by atoms with Crippen molar-refractivity contribution in [2.75, 3.05) is 0 Å². The monoisotopic (exact) mass is 292 g/mol. The molecule has 1 aliphatic rings. The second kappa shape index (κ2) is 5.87. The molecule has 0 radical (unpaired) electrons. The smallest absolute Gasteiger partial charge is 0.304 e. The largest absolute Gasteiger partial charge is 0.325 e. The molecule has 21 heavy (non-hydrogen) atoms. The van der Waals surface area contributed by atoms with Gasteiger partial charge in [0.25, 0.3) is 5.91 Å². The number of carbonyl (C=O) groups is 2. The highest BCUT2D eigenvalue weighted by Gasteiger charge is 2.50. The zero-order chi connectivity index (χ0) is 15.6. The molecule has 1 N–H and O–H groups in total. The van der Waals surface area contributed by atoms with Crippen LogP contribution in [0.2, 0.25) is 0 Å². The molecule has 0 saturated carbocycles. The summed E-state index contributed by atoms with van der Waals surface area (Å²) in [6, 6.07) is 1.72. The van der Waals surface area contributed by atoms with Gasteiger partial charge >= 0.3 is 6.03 Å². The number of nitrogens with zero attached hydrogens (tertiary/aromatic N) is 3. The lowest BCUT2D eigenvalue weighted by Crippen LogP contribution is -2.48. The number of aromatic nitrogens is 2. The van der Waals surface area contributed by atoms with Gasteiger partial charge < -0.3 is 4.90 Å². The summed E-state index contributed by atoms with van der Waals surface area (Å²) in [7, 11) is 0. The molecule has 2 heterocycles. The summed E-state index contributed by atoms with van der Waals surface area (Å²) in [5.74, 6) is -0.184. The SMILES string of the molecule is CCc1cc(CN2C(=O)NC(=O)C2(CC)CC)n(CC)n1. The van der Waals surface area contributed by atoms with Gasteiger partial charge in [0.05, 0.1) is 17.9 Å². The predicted molar refractivity (Wildman–Crippen MR) is 79.7 cm³/mol. The molecule has 1 saturated heterocycles. The molecule has 0 spiro atoms. The number of amides is 3. The van der Waals surface area contributed by atoms with Gasteiger partial charge in [-0.1, -0.05) is 20.8 Å². The number of aryl methyl sites for hydroxylation is 2. The lowest BCUT2D eigenvalue weighted by atomic mass is 9.91. The van der Waals surface area contributed by atoms with Crippen LogP contribution in [0.15, 0.2) is 6.07 Å². The lowest BCUT2D eigenvalue weighted by molar-refractivity contribution is -0.127. The summed E-state index contributed by atoms with van der Waals surface area (Å²) in [6.07, 6.45) is 2.09. The Morgan fingerprint density at radius 3 is 2.38 bits per heavy atom. The summed E-state index contributed by atoms with van der Waals surface area (Å²) in [5.41, 5.74) is 1.26. The van der Waals surface area contributed by atoms with Crippen LogP contribution in [-0.4, -0.2) is 32.2 Å². The summed E-state index contributed by atoms with van der Waals surface area (Å²) >= 11 is 0. The van der Waals surface area contributed by atoms with Gasteiger partial charge in [-0.25, -0.2) is 4.79 Å². The van der Waals surface area contributed by atoms with E-state index in [0.29, 0.717) is 19.4 Å².